The van der Waals surface area contributed by atoms with Gasteiger partial charge in [0.05, 0.1) is 5.52 Å². The Morgan fingerprint density at radius 3 is 2.84 bits per heavy atom. The molecule has 2 fully saturated rings. The molecule has 0 atom stereocenters. The Kier molecular flexibility index (Phi) is 3.74. The summed E-state index contributed by atoms with van der Waals surface area (Å²) in [6.07, 6.45) is 4.37. The van der Waals surface area contributed by atoms with Crippen LogP contribution in [0.2, 0.25) is 0 Å². The highest BCUT2D eigenvalue weighted by Gasteiger charge is 2.59. The molecule has 2 aromatic rings. The molecule has 0 bridgehead atoms. The smallest absolute Gasteiger partial charge is 0.325 e. The van der Waals surface area contributed by atoms with Crippen LogP contribution in [-0.4, -0.2) is 45.4 Å². The maximum atomic E-state index is 13.2. The third-order valence-corrected chi connectivity index (χ3v) is 4.70. The summed E-state index contributed by atoms with van der Waals surface area (Å²) in [4.78, 5) is 33.5. The number of fused-ring (bicyclic) bond motifs is 1. The zero-order valence-electron chi connectivity index (χ0n) is 13.6. The van der Waals surface area contributed by atoms with E-state index in [-0.39, 0.29) is 17.8 Å². The number of aromatic nitrogens is 2. The molecule has 2 heterocycles. The Labute approximate surface area is 143 Å². The largest absolute Gasteiger partial charge is 0.369 e. The van der Waals surface area contributed by atoms with Crippen molar-refractivity contribution in [3.8, 4) is 0 Å². The van der Waals surface area contributed by atoms with Crippen LogP contribution >= 0.6 is 0 Å². The van der Waals surface area contributed by atoms with E-state index in [2.05, 4.69) is 20.6 Å². The molecule has 130 valence electrons. The molecule has 25 heavy (non-hydrogen) atoms. The fraction of sp³-hybridized carbons (Fsp3) is 0.412. The molecule has 2 aliphatic rings. The number of urea groups is 1. The first-order valence-corrected chi connectivity index (χ1v) is 8.37. The highest BCUT2D eigenvalue weighted by Crippen LogP contribution is 2.40. The predicted molar refractivity (Wildman–Crippen MR) is 89.4 cm³/mol. The van der Waals surface area contributed by atoms with E-state index in [0.717, 1.165) is 24.6 Å². The van der Waals surface area contributed by atoms with Gasteiger partial charge in [-0.2, -0.15) is 0 Å². The molecule has 1 aromatic heterocycles. The SMILES string of the molecule is O=C1NC2(CC2)C(=O)N1CCCCNc1ncnc2cc(F)ccc12. The van der Waals surface area contributed by atoms with Crippen LogP contribution in [0.1, 0.15) is 25.7 Å². The Morgan fingerprint density at radius 2 is 2.08 bits per heavy atom. The van der Waals surface area contributed by atoms with Gasteiger partial charge < -0.3 is 10.6 Å². The molecule has 3 amide bonds. The lowest BCUT2D eigenvalue weighted by Crippen LogP contribution is -2.33. The van der Waals surface area contributed by atoms with Crippen molar-refractivity contribution in [3.05, 3.63) is 30.3 Å². The van der Waals surface area contributed by atoms with Crippen LogP contribution < -0.4 is 10.6 Å². The van der Waals surface area contributed by atoms with Crippen LogP contribution in [-0.2, 0) is 4.79 Å². The van der Waals surface area contributed by atoms with Crippen LogP contribution in [0, 0.1) is 5.82 Å². The molecule has 1 aliphatic heterocycles. The van der Waals surface area contributed by atoms with E-state index in [0.29, 0.717) is 30.8 Å². The van der Waals surface area contributed by atoms with E-state index in [4.69, 9.17) is 0 Å². The lowest BCUT2D eigenvalue weighted by molar-refractivity contribution is -0.128. The standard InChI is InChI=1S/C17H18FN5O2/c18-11-3-4-12-13(9-11)20-10-21-14(12)19-7-1-2-8-23-15(24)17(5-6-17)22-16(23)25/h3-4,9-10H,1-2,5-8H2,(H,22,25)(H,19,20,21). The molecule has 4 rings (SSSR count). The van der Waals surface area contributed by atoms with Gasteiger partial charge in [0.15, 0.2) is 0 Å². The third-order valence-electron chi connectivity index (χ3n) is 4.70. The fourth-order valence-corrected chi connectivity index (χ4v) is 3.12. The monoisotopic (exact) mass is 343 g/mol. The topological polar surface area (TPSA) is 87.2 Å². The zero-order valence-corrected chi connectivity index (χ0v) is 13.6. The van der Waals surface area contributed by atoms with Gasteiger partial charge in [0.2, 0.25) is 0 Å². The van der Waals surface area contributed by atoms with Crippen molar-refractivity contribution in [3.63, 3.8) is 0 Å². The van der Waals surface area contributed by atoms with E-state index in [1.165, 1.54) is 23.4 Å². The van der Waals surface area contributed by atoms with E-state index < -0.39 is 5.54 Å². The number of nitrogens with zero attached hydrogens (tertiary/aromatic N) is 3. The van der Waals surface area contributed by atoms with Crippen LogP contribution in [0.4, 0.5) is 15.0 Å². The van der Waals surface area contributed by atoms with Crippen molar-refractivity contribution in [2.75, 3.05) is 18.4 Å². The lowest BCUT2D eigenvalue weighted by atomic mass is 10.2. The minimum Gasteiger partial charge on any atom is -0.369 e. The summed E-state index contributed by atoms with van der Waals surface area (Å²) in [5.41, 5.74) is -0.0311. The summed E-state index contributed by atoms with van der Waals surface area (Å²) in [5, 5.41) is 6.73. The van der Waals surface area contributed by atoms with Gasteiger partial charge in [-0.15, -0.1) is 0 Å². The van der Waals surface area contributed by atoms with E-state index in [1.54, 1.807) is 6.07 Å². The Bertz CT molecular complexity index is 852. The molecule has 2 N–H and O–H groups in total. The van der Waals surface area contributed by atoms with Gasteiger partial charge in [0, 0.05) is 24.5 Å². The normalized spacial score (nSPS) is 18.0. The third kappa shape index (κ3) is 2.88. The van der Waals surface area contributed by atoms with Crippen molar-refractivity contribution >= 4 is 28.7 Å². The average Bonchev–Trinajstić information content (AvgIpc) is 3.33. The van der Waals surface area contributed by atoms with Crippen molar-refractivity contribution in [1.29, 1.82) is 0 Å². The van der Waals surface area contributed by atoms with Crippen LogP contribution in [0.25, 0.3) is 10.9 Å². The minimum absolute atomic E-state index is 0.0886. The number of rotatable bonds is 6. The molecule has 1 aliphatic carbocycles. The van der Waals surface area contributed by atoms with Gasteiger partial charge in [-0.1, -0.05) is 0 Å². The molecule has 1 spiro atoms. The summed E-state index contributed by atoms with van der Waals surface area (Å²) in [5.74, 6) is 0.227. The summed E-state index contributed by atoms with van der Waals surface area (Å²) in [7, 11) is 0. The first-order chi connectivity index (χ1) is 12.1. The van der Waals surface area contributed by atoms with Gasteiger partial charge >= 0.3 is 6.03 Å². The molecule has 1 saturated carbocycles. The number of halogens is 1. The molecule has 0 radical (unpaired) electrons. The fourth-order valence-electron chi connectivity index (χ4n) is 3.12. The van der Waals surface area contributed by atoms with Gasteiger partial charge in [0.25, 0.3) is 5.91 Å². The van der Waals surface area contributed by atoms with Gasteiger partial charge in [-0.25, -0.2) is 19.2 Å². The maximum Gasteiger partial charge on any atom is 0.325 e. The molecular weight excluding hydrogens is 325 g/mol. The minimum atomic E-state index is -0.579. The Balaban J connectivity index is 1.29. The number of amides is 3. The second-order valence-electron chi connectivity index (χ2n) is 6.49. The van der Waals surface area contributed by atoms with E-state index in [9.17, 15) is 14.0 Å². The molecule has 1 aromatic carbocycles. The zero-order chi connectivity index (χ0) is 17.4. The number of benzene rings is 1. The number of nitrogens with one attached hydrogen (secondary N) is 2. The van der Waals surface area contributed by atoms with Crippen molar-refractivity contribution < 1.29 is 14.0 Å². The molecule has 7 nitrogen and oxygen atoms in total. The predicted octanol–water partition coefficient (Wildman–Crippen LogP) is 2.05. The number of unbranched alkanes of at least 4 members (excludes halogenated alkanes) is 1. The number of carbonyl (C=O) groups excluding carboxylic acids is 2. The van der Waals surface area contributed by atoms with Crippen LogP contribution in [0.15, 0.2) is 24.5 Å². The lowest BCUT2D eigenvalue weighted by Gasteiger charge is -2.13. The highest BCUT2D eigenvalue weighted by molar-refractivity contribution is 6.08. The summed E-state index contributed by atoms with van der Waals surface area (Å²) < 4.78 is 13.2. The molecule has 1 saturated heterocycles. The number of carbonyl (C=O) groups is 2. The highest BCUT2D eigenvalue weighted by atomic mass is 19.1. The van der Waals surface area contributed by atoms with Crippen LogP contribution in [0.3, 0.4) is 0 Å². The molecule has 0 unspecified atom stereocenters. The van der Waals surface area contributed by atoms with Crippen molar-refractivity contribution in [1.82, 2.24) is 20.2 Å². The number of hydrogen-bond donors (Lipinski definition) is 2. The summed E-state index contributed by atoms with van der Waals surface area (Å²) in [6.45, 7) is 1.06. The van der Waals surface area contributed by atoms with Gasteiger partial charge in [-0.05, 0) is 37.8 Å². The first-order valence-electron chi connectivity index (χ1n) is 8.37. The maximum absolute atomic E-state index is 13.2. The first kappa shape index (κ1) is 15.7. The molecular formula is C17H18FN5O2. The Morgan fingerprint density at radius 1 is 1.24 bits per heavy atom. The summed E-state index contributed by atoms with van der Waals surface area (Å²) >= 11 is 0. The van der Waals surface area contributed by atoms with E-state index in [1.807, 2.05) is 0 Å². The summed E-state index contributed by atoms with van der Waals surface area (Å²) in [6, 6.07) is 4.12. The number of imide groups is 1. The van der Waals surface area contributed by atoms with Gasteiger partial charge in [-0.3, -0.25) is 9.69 Å². The van der Waals surface area contributed by atoms with Crippen LogP contribution in [0.5, 0.6) is 0 Å². The number of hydrogen-bond acceptors (Lipinski definition) is 5. The quantitative estimate of drug-likeness (QED) is 0.619. The van der Waals surface area contributed by atoms with Gasteiger partial charge in [0.1, 0.15) is 23.5 Å². The number of anilines is 1. The average molecular weight is 343 g/mol. The van der Waals surface area contributed by atoms with Crippen molar-refractivity contribution in [2.24, 2.45) is 0 Å². The second kappa shape index (κ2) is 5.94. The van der Waals surface area contributed by atoms with E-state index >= 15 is 0 Å². The molecule has 8 heteroatoms. The van der Waals surface area contributed by atoms with Crippen molar-refractivity contribution in [2.45, 2.75) is 31.2 Å². The second-order valence-corrected chi connectivity index (χ2v) is 6.49. The Hall–Kier alpha value is -2.77.